The first-order valence-corrected chi connectivity index (χ1v) is 9.06. The molecule has 2 N–H and O–H groups in total. The fourth-order valence-corrected chi connectivity index (χ4v) is 2.63. The number of pyridine rings is 1. The first kappa shape index (κ1) is 20.7. The monoisotopic (exact) mass is 407 g/mol. The van der Waals surface area contributed by atoms with E-state index in [-0.39, 0.29) is 12.2 Å². The second kappa shape index (κ2) is 9.92. The lowest BCUT2D eigenvalue weighted by atomic mass is 10.1. The molecule has 0 saturated heterocycles. The number of carbonyl (C=O) groups is 2. The number of hydrogen-bond acceptors (Lipinski definition) is 6. The second-order valence-corrected chi connectivity index (χ2v) is 6.14. The molecule has 3 aromatic rings. The summed E-state index contributed by atoms with van der Waals surface area (Å²) in [5.41, 5.74) is 1.17. The molecule has 0 spiro atoms. The van der Waals surface area contributed by atoms with Crippen LogP contribution in [0, 0.1) is 0 Å². The third kappa shape index (κ3) is 5.26. The molecule has 0 aliphatic rings. The number of rotatable bonds is 8. The zero-order chi connectivity index (χ0) is 21.3. The molecule has 8 heteroatoms. The Kier molecular flexibility index (Phi) is 6.83. The Bertz CT molecular complexity index is 1030. The molecule has 2 heterocycles. The third-order valence-electron chi connectivity index (χ3n) is 4.14. The number of amides is 2. The van der Waals surface area contributed by atoms with Gasteiger partial charge in [-0.2, -0.15) is 0 Å². The maximum atomic E-state index is 12.8. The van der Waals surface area contributed by atoms with Gasteiger partial charge < -0.3 is 24.5 Å². The maximum Gasteiger partial charge on any atom is 0.268 e. The number of methoxy groups -OCH3 is 2. The summed E-state index contributed by atoms with van der Waals surface area (Å²) in [4.78, 5) is 29.5. The van der Waals surface area contributed by atoms with E-state index in [1.165, 1.54) is 32.6 Å². The van der Waals surface area contributed by atoms with Crippen molar-refractivity contribution in [1.29, 1.82) is 0 Å². The number of nitrogens with zero attached hydrogens (tertiary/aromatic N) is 1. The van der Waals surface area contributed by atoms with Gasteiger partial charge >= 0.3 is 0 Å². The SMILES string of the molecule is COc1ccc(C(=O)N/C(=C\c2ccco2)C(=O)NCc2cccnc2)cc1OC. The minimum Gasteiger partial charge on any atom is -0.493 e. The lowest BCUT2D eigenvalue weighted by Gasteiger charge is -2.12. The van der Waals surface area contributed by atoms with Crippen LogP contribution in [0.15, 0.2) is 71.2 Å². The Balaban J connectivity index is 1.79. The molecular weight excluding hydrogens is 386 g/mol. The zero-order valence-corrected chi connectivity index (χ0v) is 16.5. The summed E-state index contributed by atoms with van der Waals surface area (Å²) in [5.74, 6) is 0.376. The minimum absolute atomic E-state index is 0.0358. The number of carbonyl (C=O) groups excluding carboxylic acids is 2. The number of aromatic nitrogens is 1. The van der Waals surface area contributed by atoms with E-state index in [2.05, 4.69) is 15.6 Å². The Hall–Kier alpha value is -4.07. The zero-order valence-electron chi connectivity index (χ0n) is 16.5. The van der Waals surface area contributed by atoms with Gasteiger partial charge in [0.15, 0.2) is 11.5 Å². The summed E-state index contributed by atoms with van der Waals surface area (Å²) >= 11 is 0. The van der Waals surface area contributed by atoms with E-state index in [0.717, 1.165) is 5.56 Å². The van der Waals surface area contributed by atoms with Crippen molar-refractivity contribution in [2.75, 3.05) is 14.2 Å². The van der Waals surface area contributed by atoms with E-state index in [0.29, 0.717) is 22.8 Å². The Morgan fingerprint density at radius 3 is 2.60 bits per heavy atom. The van der Waals surface area contributed by atoms with Crippen LogP contribution in [0.3, 0.4) is 0 Å². The highest BCUT2D eigenvalue weighted by atomic mass is 16.5. The molecule has 0 saturated carbocycles. The van der Waals surface area contributed by atoms with Crippen molar-refractivity contribution in [1.82, 2.24) is 15.6 Å². The Morgan fingerprint density at radius 1 is 1.10 bits per heavy atom. The molecule has 0 unspecified atom stereocenters. The summed E-state index contributed by atoms with van der Waals surface area (Å²) in [6.45, 7) is 0.258. The molecule has 3 rings (SSSR count). The number of furan rings is 1. The van der Waals surface area contributed by atoms with Crippen LogP contribution in [0.25, 0.3) is 6.08 Å². The van der Waals surface area contributed by atoms with Gasteiger partial charge in [-0.3, -0.25) is 14.6 Å². The van der Waals surface area contributed by atoms with Crippen molar-refractivity contribution < 1.29 is 23.5 Å². The molecule has 0 fully saturated rings. The molecule has 1 aromatic carbocycles. The fourth-order valence-electron chi connectivity index (χ4n) is 2.63. The molecular formula is C22H21N3O5. The minimum atomic E-state index is -0.481. The fraction of sp³-hybridized carbons (Fsp3) is 0.136. The molecule has 0 radical (unpaired) electrons. The lowest BCUT2D eigenvalue weighted by Crippen LogP contribution is -2.34. The number of ether oxygens (including phenoxy) is 2. The highest BCUT2D eigenvalue weighted by molar-refractivity contribution is 6.05. The van der Waals surface area contributed by atoms with Crippen LogP contribution in [0.4, 0.5) is 0 Å². The Labute approximate surface area is 173 Å². The number of hydrogen-bond donors (Lipinski definition) is 2. The number of nitrogens with one attached hydrogen (secondary N) is 2. The molecule has 154 valence electrons. The molecule has 30 heavy (non-hydrogen) atoms. The van der Waals surface area contributed by atoms with Gasteiger partial charge in [-0.1, -0.05) is 6.07 Å². The van der Waals surface area contributed by atoms with Crippen molar-refractivity contribution in [3.63, 3.8) is 0 Å². The van der Waals surface area contributed by atoms with Crippen LogP contribution in [0.1, 0.15) is 21.7 Å². The van der Waals surface area contributed by atoms with E-state index in [1.54, 1.807) is 42.7 Å². The van der Waals surface area contributed by atoms with Gasteiger partial charge in [-0.25, -0.2) is 0 Å². The van der Waals surface area contributed by atoms with E-state index >= 15 is 0 Å². The Morgan fingerprint density at radius 2 is 1.93 bits per heavy atom. The molecule has 2 amide bonds. The van der Waals surface area contributed by atoms with Gasteiger partial charge in [0, 0.05) is 30.6 Å². The smallest absolute Gasteiger partial charge is 0.268 e. The van der Waals surface area contributed by atoms with E-state index < -0.39 is 11.8 Å². The summed E-state index contributed by atoms with van der Waals surface area (Å²) < 4.78 is 15.7. The maximum absolute atomic E-state index is 12.8. The summed E-state index contributed by atoms with van der Waals surface area (Å²) in [6.07, 6.45) is 6.24. The van der Waals surface area contributed by atoms with E-state index in [4.69, 9.17) is 13.9 Å². The van der Waals surface area contributed by atoms with Gasteiger partial charge in [0.2, 0.25) is 0 Å². The topological polar surface area (TPSA) is 103 Å². The van der Waals surface area contributed by atoms with Gasteiger partial charge in [0.1, 0.15) is 11.5 Å². The highest BCUT2D eigenvalue weighted by Crippen LogP contribution is 2.27. The summed E-state index contributed by atoms with van der Waals surface area (Å²) in [6, 6.07) is 11.7. The second-order valence-electron chi connectivity index (χ2n) is 6.14. The van der Waals surface area contributed by atoms with Crippen LogP contribution in [-0.4, -0.2) is 31.0 Å². The number of benzene rings is 1. The predicted octanol–water partition coefficient (Wildman–Crippen LogP) is 2.78. The van der Waals surface area contributed by atoms with Gasteiger partial charge in [-0.15, -0.1) is 0 Å². The molecule has 0 aliphatic heterocycles. The first-order valence-electron chi connectivity index (χ1n) is 9.06. The van der Waals surface area contributed by atoms with Gasteiger partial charge in [0.25, 0.3) is 11.8 Å². The van der Waals surface area contributed by atoms with Crippen LogP contribution in [-0.2, 0) is 11.3 Å². The quantitative estimate of drug-likeness (QED) is 0.557. The standard InChI is InChI=1S/C22H21N3O5/c1-28-19-8-7-16(11-20(19)29-2)21(26)25-18(12-17-6-4-10-30-17)22(27)24-14-15-5-3-9-23-13-15/h3-13H,14H2,1-2H3,(H,24,27)(H,25,26)/b18-12-. The van der Waals surface area contributed by atoms with Crippen molar-refractivity contribution in [2.45, 2.75) is 6.54 Å². The van der Waals surface area contributed by atoms with E-state index in [1.807, 2.05) is 6.07 Å². The summed E-state index contributed by atoms with van der Waals surface area (Å²) in [5, 5.41) is 5.40. The predicted molar refractivity (Wildman–Crippen MR) is 110 cm³/mol. The molecule has 8 nitrogen and oxygen atoms in total. The third-order valence-corrected chi connectivity index (χ3v) is 4.14. The average Bonchev–Trinajstić information content (AvgIpc) is 3.30. The largest absolute Gasteiger partial charge is 0.493 e. The lowest BCUT2D eigenvalue weighted by molar-refractivity contribution is -0.117. The van der Waals surface area contributed by atoms with Crippen LogP contribution in [0.5, 0.6) is 11.5 Å². The van der Waals surface area contributed by atoms with Gasteiger partial charge in [-0.05, 0) is 42.0 Å². The van der Waals surface area contributed by atoms with Crippen molar-refractivity contribution in [3.05, 3.63) is 83.7 Å². The van der Waals surface area contributed by atoms with Crippen molar-refractivity contribution in [2.24, 2.45) is 0 Å². The highest BCUT2D eigenvalue weighted by Gasteiger charge is 2.17. The van der Waals surface area contributed by atoms with Crippen molar-refractivity contribution >= 4 is 17.9 Å². The van der Waals surface area contributed by atoms with Crippen molar-refractivity contribution in [3.8, 4) is 11.5 Å². The molecule has 0 bridgehead atoms. The molecule has 2 aromatic heterocycles. The normalized spacial score (nSPS) is 10.9. The van der Waals surface area contributed by atoms with Crippen LogP contribution >= 0.6 is 0 Å². The molecule has 0 aliphatic carbocycles. The van der Waals surface area contributed by atoms with E-state index in [9.17, 15) is 9.59 Å². The molecule has 0 atom stereocenters. The van der Waals surface area contributed by atoms with Crippen LogP contribution < -0.4 is 20.1 Å². The van der Waals surface area contributed by atoms with Crippen LogP contribution in [0.2, 0.25) is 0 Å². The van der Waals surface area contributed by atoms with Gasteiger partial charge in [0.05, 0.1) is 20.5 Å². The first-order chi connectivity index (χ1) is 14.6. The summed E-state index contributed by atoms with van der Waals surface area (Å²) in [7, 11) is 2.99. The average molecular weight is 407 g/mol.